The number of nitro groups is 1. The normalized spacial score (nSPS) is 10.3. The number of nitrogens with zero attached hydrogens (tertiary/aromatic N) is 1. The van der Waals surface area contributed by atoms with Gasteiger partial charge in [0.2, 0.25) is 0 Å². The first-order chi connectivity index (χ1) is 9.49. The molecule has 0 spiro atoms. The first kappa shape index (κ1) is 14.5. The van der Waals surface area contributed by atoms with Crippen molar-refractivity contribution in [2.75, 3.05) is 5.32 Å². The second-order valence-electron chi connectivity index (χ2n) is 4.31. The minimum absolute atomic E-state index is 0.0667. The van der Waals surface area contributed by atoms with Crippen LogP contribution in [0.4, 0.5) is 15.8 Å². The molecule has 0 heterocycles. The third-order valence-electron chi connectivity index (χ3n) is 2.97. The number of nitro benzene ring substituents is 1. The minimum atomic E-state index is -0.417. The lowest BCUT2D eigenvalue weighted by molar-refractivity contribution is -0.385. The molecule has 0 unspecified atom stereocenters. The summed E-state index contributed by atoms with van der Waals surface area (Å²) in [5.74, 6) is -0.333. The van der Waals surface area contributed by atoms with Gasteiger partial charge in [-0.1, -0.05) is 12.1 Å². The number of hydrogen-bond donors (Lipinski definition) is 1. The average Bonchev–Trinajstić information content (AvgIpc) is 2.41. The maximum absolute atomic E-state index is 13.4. The fourth-order valence-corrected chi connectivity index (χ4v) is 2.11. The van der Waals surface area contributed by atoms with Crippen molar-refractivity contribution in [1.29, 1.82) is 0 Å². The Morgan fingerprint density at radius 1 is 1.35 bits per heavy atom. The van der Waals surface area contributed by atoms with Gasteiger partial charge in [0.1, 0.15) is 5.82 Å². The zero-order valence-electron chi connectivity index (χ0n) is 10.7. The number of benzene rings is 2. The van der Waals surface area contributed by atoms with Crippen molar-refractivity contribution in [2.24, 2.45) is 0 Å². The summed E-state index contributed by atoms with van der Waals surface area (Å²) in [6.07, 6.45) is 0. The van der Waals surface area contributed by atoms with Crippen molar-refractivity contribution < 1.29 is 9.31 Å². The Morgan fingerprint density at radius 2 is 2.10 bits per heavy atom. The molecule has 0 bridgehead atoms. The van der Waals surface area contributed by atoms with Crippen molar-refractivity contribution >= 4 is 27.3 Å². The topological polar surface area (TPSA) is 55.2 Å². The van der Waals surface area contributed by atoms with Crippen molar-refractivity contribution in [2.45, 2.75) is 13.5 Å². The van der Waals surface area contributed by atoms with Crippen LogP contribution < -0.4 is 5.32 Å². The van der Waals surface area contributed by atoms with E-state index in [0.717, 1.165) is 5.56 Å². The molecule has 2 aromatic carbocycles. The molecule has 0 radical (unpaired) electrons. The number of halogens is 2. The molecule has 0 saturated heterocycles. The first-order valence-corrected chi connectivity index (χ1v) is 6.70. The van der Waals surface area contributed by atoms with Crippen LogP contribution in [0.2, 0.25) is 0 Å². The monoisotopic (exact) mass is 338 g/mol. The summed E-state index contributed by atoms with van der Waals surface area (Å²) in [4.78, 5) is 10.4. The van der Waals surface area contributed by atoms with Crippen LogP contribution in [0.25, 0.3) is 0 Å². The summed E-state index contributed by atoms with van der Waals surface area (Å²) in [7, 11) is 0. The molecule has 20 heavy (non-hydrogen) atoms. The van der Waals surface area contributed by atoms with E-state index >= 15 is 0 Å². The molecule has 0 atom stereocenters. The molecule has 0 saturated carbocycles. The van der Waals surface area contributed by atoms with Crippen molar-refractivity contribution in [3.63, 3.8) is 0 Å². The number of rotatable bonds is 4. The Kier molecular flexibility index (Phi) is 4.34. The molecule has 4 nitrogen and oxygen atoms in total. The van der Waals surface area contributed by atoms with E-state index in [1.165, 1.54) is 12.1 Å². The standard InChI is InChI=1S/C14H12BrFN2O2/c1-9-13(3-2-4-14(9)18(19)20)17-8-10-5-6-11(15)12(16)7-10/h2-7,17H,8H2,1H3. The van der Waals surface area contributed by atoms with E-state index in [4.69, 9.17) is 0 Å². The molecule has 1 N–H and O–H groups in total. The van der Waals surface area contributed by atoms with E-state index in [0.29, 0.717) is 22.3 Å². The zero-order valence-corrected chi connectivity index (χ0v) is 12.3. The molecule has 6 heteroatoms. The van der Waals surface area contributed by atoms with Crippen molar-refractivity contribution in [1.82, 2.24) is 0 Å². The van der Waals surface area contributed by atoms with Crippen LogP contribution in [-0.2, 0) is 6.54 Å². The molecule has 0 aliphatic carbocycles. The predicted molar refractivity (Wildman–Crippen MR) is 79.3 cm³/mol. The maximum atomic E-state index is 13.4. The van der Waals surface area contributed by atoms with Gasteiger partial charge in [0, 0.05) is 23.9 Å². The lowest BCUT2D eigenvalue weighted by Gasteiger charge is -2.10. The van der Waals surface area contributed by atoms with Gasteiger partial charge < -0.3 is 5.32 Å². The Bertz CT molecular complexity index is 662. The van der Waals surface area contributed by atoms with Crippen LogP contribution in [0.5, 0.6) is 0 Å². The third kappa shape index (κ3) is 3.14. The highest BCUT2D eigenvalue weighted by Gasteiger charge is 2.12. The molecule has 2 rings (SSSR count). The van der Waals surface area contributed by atoms with Crippen LogP contribution in [0, 0.1) is 22.9 Å². The van der Waals surface area contributed by atoms with Crippen molar-refractivity contribution in [3.8, 4) is 0 Å². The Labute approximate surface area is 123 Å². The van der Waals surface area contributed by atoms with E-state index in [-0.39, 0.29) is 11.5 Å². The van der Waals surface area contributed by atoms with Gasteiger partial charge >= 0.3 is 0 Å². The van der Waals surface area contributed by atoms with E-state index in [2.05, 4.69) is 21.2 Å². The number of hydrogen-bond acceptors (Lipinski definition) is 3. The van der Waals surface area contributed by atoms with E-state index < -0.39 is 4.92 Å². The molecule has 0 aliphatic heterocycles. The first-order valence-electron chi connectivity index (χ1n) is 5.91. The SMILES string of the molecule is Cc1c(NCc2ccc(Br)c(F)c2)cccc1[N+](=O)[O-]. The average molecular weight is 339 g/mol. The van der Waals surface area contributed by atoms with Crippen LogP contribution in [0.1, 0.15) is 11.1 Å². The van der Waals surface area contributed by atoms with E-state index in [1.807, 2.05) is 0 Å². The molecule has 0 amide bonds. The maximum Gasteiger partial charge on any atom is 0.274 e. The van der Waals surface area contributed by atoms with Gasteiger partial charge in [-0.05, 0) is 46.6 Å². The summed E-state index contributed by atoms with van der Waals surface area (Å²) in [5, 5.41) is 13.9. The molecule has 104 valence electrons. The number of anilines is 1. The second-order valence-corrected chi connectivity index (χ2v) is 5.16. The fraction of sp³-hybridized carbons (Fsp3) is 0.143. The molecule has 2 aromatic rings. The Balaban J connectivity index is 2.17. The smallest absolute Gasteiger partial charge is 0.274 e. The molecule has 0 fully saturated rings. The zero-order chi connectivity index (χ0) is 14.7. The van der Waals surface area contributed by atoms with Gasteiger partial charge in [-0.3, -0.25) is 10.1 Å². The van der Waals surface area contributed by atoms with Gasteiger partial charge in [-0.2, -0.15) is 0 Å². The Morgan fingerprint density at radius 3 is 2.75 bits per heavy atom. The quantitative estimate of drug-likeness (QED) is 0.663. The van der Waals surface area contributed by atoms with Crippen molar-refractivity contribution in [3.05, 3.63) is 67.9 Å². The number of nitrogens with one attached hydrogen (secondary N) is 1. The highest BCUT2D eigenvalue weighted by atomic mass is 79.9. The molecular formula is C14H12BrFN2O2. The molecule has 0 aliphatic rings. The molecule has 0 aromatic heterocycles. The van der Waals surface area contributed by atoms with Gasteiger partial charge in [0.25, 0.3) is 5.69 Å². The van der Waals surface area contributed by atoms with Crippen LogP contribution >= 0.6 is 15.9 Å². The lowest BCUT2D eigenvalue weighted by Crippen LogP contribution is -2.03. The summed E-state index contributed by atoms with van der Waals surface area (Å²) < 4.78 is 13.8. The van der Waals surface area contributed by atoms with Gasteiger partial charge in [0.05, 0.1) is 9.40 Å². The largest absolute Gasteiger partial charge is 0.381 e. The van der Waals surface area contributed by atoms with Gasteiger partial charge in [-0.25, -0.2) is 4.39 Å². The minimum Gasteiger partial charge on any atom is -0.381 e. The fourth-order valence-electron chi connectivity index (χ4n) is 1.86. The highest BCUT2D eigenvalue weighted by molar-refractivity contribution is 9.10. The van der Waals surface area contributed by atoms with E-state index in [9.17, 15) is 14.5 Å². The summed E-state index contributed by atoms with van der Waals surface area (Å²) in [5.41, 5.74) is 2.06. The van der Waals surface area contributed by atoms with Crippen LogP contribution in [0.15, 0.2) is 40.9 Å². The summed E-state index contributed by atoms with van der Waals surface area (Å²) in [6.45, 7) is 2.08. The third-order valence-corrected chi connectivity index (χ3v) is 3.61. The predicted octanol–water partition coefficient (Wildman–Crippen LogP) is 4.42. The second kappa shape index (κ2) is 6.00. The van der Waals surface area contributed by atoms with Gasteiger partial charge in [0.15, 0.2) is 0 Å². The van der Waals surface area contributed by atoms with Gasteiger partial charge in [-0.15, -0.1) is 0 Å². The molecular weight excluding hydrogens is 327 g/mol. The van der Waals surface area contributed by atoms with Crippen LogP contribution in [0.3, 0.4) is 0 Å². The van der Waals surface area contributed by atoms with E-state index in [1.54, 1.807) is 31.2 Å². The highest BCUT2D eigenvalue weighted by Crippen LogP contribution is 2.25. The lowest BCUT2D eigenvalue weighted by atomic mass is 10.1. The van der Waals surface area contributed by atoms with Crippen LogP contribution in [-0.4, -0.2) is 4.92 Å². The summed E-state index contributed by atoms with van der Waals surface area (Å²) >= 11 is 3.09. The Hall–Kier alpha value is -1.95. The summed E-state index contributed by atoms with van der Waals surface area (Å²) in [6, 6.07) is 9.68.